The van der Waals surface area contributed by atoms with Crippen molar-refractivity contribution in [2.75, 3.05) is 18.1 Å². The van der Waals surface area contributed by atoms with Gasteiger partial charge in [-0.3, -0.25) is 10.2 Å². The van der Waals surface area contributed by atoms with Gasteiger partial charge >= 0.3 is 0 Å². The topological polar surface area (TPSA) is 79.0 Å². The molecule has 0 amide bonds. The van der Waals surface area contributed by atoms with E-state index in [1.807, 2.05) is 6.07 Å². The van der Waals surface area contributed by atoms with Gasteiger partial charge in [-0.25, -0.2) is 0 Å². The van der Waals surface area contributed by atoms with Crippen molar-refractivity contribution in [1.82, 2.24) is 0 Å². The maximum Gasteiger partial charge on any atom is 0.196 e. The summed E-state index contributed by atoms with van der Waals surface area (Å²) in [6, 6.07) is 10.7. The molecule has 4 heteroatoms. The van der Waals surface area contributed by atoms with E-state index in [4.69, 9.17) is 11.1 Å². The highest BCUT2D eigenvalue weighted by Gasteiger charge is 2.30. The normalized spacial score (nSPS) is 12.9. The van der Waals surface area contributed by atoms with Crippen molar-refractivity contribution in [3.05, 3.63) is 58.7 Å². The summed E-state index contributed by atoms with van der Waals surface area (Å²) in [6.07, 6.45) is 0. The summed E-state index contributed by atoms with van der Waals surface area (Å²) in [5.74, 6) is -0.115. The minimum atomic E-state index is -0.115. The first-order valence-electron chi connectivity index (χ1n) is 5.98. The average molecular weight is 251 g/mol. The summed E-state index contributed by atoms with van der Waals surface area (Å²) >= 11 is 0. The number of benzene rings is 2. The molecule has 0 saturated heterocycles. The molecule has 4 nitrogen and oxygen atoms in total. The molecule has 1 aliphatic carbocycles. The van der Waals surface area contributed by atoms with E-state index >= 15 is 0 Å². The highest BCUT2D eigenvalue weighted by molar-refractivity contribution is 6.32. The molecule has 0 bridgehead atoms. The van der Waals surface area contributed by atoms with Crippen LogP contribution in [-0.2, 0) is 0 Å². The van der Waals surface area contributed by atoms with Crippen LogP contribution in [0, 0.1) is 5.41 Å². The molecule has 0 heterocycles. The first-order chi connectivity index (χ1) is 9.15. The monoisotopic (exact) mass is 251 g/mol. The van der Waals surface area contributed by atoms with Crippen molar-refractivity contribution in [3.63, 3.8) is 0 Å². The lowest BCUT2D eigenvalue weighted by Gasteiger charge is -2.23. The zero-order valence-electron chi connectivity index (χ0n) is 10.4. The molecule has 0 atom stereocenters. The first kappa shape index (κ1) is 11.5. The molecule has 0 aliphatic heterocycles. The molecule has 3 rings (SSSR count). The first-order valence-corrected chi connectivity index (χ1v) is 5.98. The van der Waals surface area contributed by atoms with Crippen LogP contribution in [0.25, 0.3) is 0 Å². The highest BCUT2D eigenvalue weighted by atomic mass is 16.1. The van der Waals surface area contributed by atoms with Crippen molar-refractivity contribution in [2.24, 2.45) is 0 Å². The van der Waals surface area contributed by atoms with Gasteiger partial charge in [0.1, 0.15) is 0 Å². The van der Waals surface area contributed by atoms with Crippen LogP contribution in [0.5, 0.6) is 0 Å². The van der Waals surface area contributed by atoms with Crippen molar-refractivity contribution < 1.29 is 4.79 Å². The molecule has 0 radical (unpaired) electrons. The van der Waals surface area contributed by atoms with Crippen LogP contribution in [0.2, 0.25) is 0 Å². The zero-order chi connectivity index (χ0) is 13.6. The molecule has 0 unspecified atom stereocenters. The largest absolute Gasteiger partial charge is 0.398 e. The van der Waals surface area contributed by atoms with Crippen LogP contribution in [0.1, 0.15) is 27.0 Å². The SMILES string of the molecule is CNc1ccc(N)c2c1C(=N)c1ccccc1C2=O. The fourth-order valence-electron chi connectivity index (χ4n) is 2.50. The molecule has 2 aromatic rings. The molecule has 19 heavy (non-hydrogen) atoms. The van der Waals surface area contributed by atoms with Crippen molar-refractivity contribution in [3.8, 4) is 0 Å². The van der Waals surface area contributed by atoms with E-state index in [1.54, 1.807) is 37.4 Å². The van der Waals surface area contributed by atoms with Gasteiger partial charge in [-0.15, -0.1) is 0 Å². The van der Waals surface area contributed by atoms with E-state index in [1.165, 1.54) is 0 Å². The lowest BCUT2D eigenvalue weighted by atomic mass is 9.82. The summed E-state index contributed by atoms with van der Waals surface area (Å²) < 4.78 is 0. The van der Waals surface area contributed by atoms with Gasteiger partial charge in [-0.05, 0) is 12.1 Å². The predicted molar refractivity (Wildman–Crippen MR) is 76.2 cm³/mol. The Kier molecular flexibility index (Phi) is 2.38. The number of hydrogen-bond acceptors (Lipinski definition) is 4. The molecule has 2 aromatic carbocycles. The summed E-state index contributed by atoms with van der Waals surface area (Å²) in [6.45, 7) is 0. The Morgan fingerprint density at radius 2 is 1.74 bits per heavy atom. The van der Waals surface area contributed by atoms with Crippen LogP contribution in [0.15, 0.2) is 36.4 Å². The van der Waals surface area contributed by atoms with E-state index in [0.717, 1.165) is 5.69 Å². The van der Waals surface area contributed by atoms with Crippen LogP contribution in [-0.4, -0.2) is 18.5 Å². The fraction of sp³-hybridized carbons (Fsp3) is 0.0667. The summed E-state index contributed by atoms with van der Waals surface area (Å²) in [5, 5.41) is 11.4. The molecule has 0 fully saturated rings. The third kappa shape index (κ3) is 1.46. The van der Waals surface area contributed by atoms with Gasteiger partial charge in [0.25, 0.3) is 0 Å². The smallest absolute Gasteiger partial charge is 0.196 e. The summed E-state index contributed by atoms with van der Waals surface area (Å²) in [5.41, 5.74) is 9.64. The minimum absolute atomic E-state index is 0.115. The van der Waals surface area contributed by atoms with Crippen LogP contribution < -0.4 is 11.1 Å². The Morgan fingerprint density at radius 1 is 1.05 bits per heavy atom. The molecule has 1 aliphatic rings. The lowest BCUT2D eigenvalue weighted by Crippen LogP contribution is -2.23. The quantitative estimate of drug-likeness (QED) is 0.580. The number of rotatable bonds is 1. The minimum Gasteiger partial charge on any atom is -0.398 e. The highest BCUT2D eigenvalue weighted by Crippen LogP contribution is 2.34. The van der Waals surface area contributed by atoms with E-state index in [2.05, 4.69) is 5.32 Å². The maximum atomic E-state index is 12.5. The third-order valence-corrected chi connectivity index (χ3v) is 3.42. The van der Waals surface area contributed by atoms with Crippen molar-refractivity contribution in [1.29, 1.82) is 5.41 Å². The van der Waals surface area contributed by atoms with Gasteiger partial charge in [-0.2, -0.15) is 0 Å². The molecular weight excluding hydrogens is 238 g/mol. The predicted octanol–water partition coefficient (Wildman–Crippen LogP) is 2.27. The Morgan fingerprint density at radius 3 is 2.42 bits per heavy atom. The second kappa shape index (κ2) is 3.95. The van der Waals surface area contributed by atoms with Gasteiger partial charge in [0, 0.05) is 35.1 Å². The van der Waals surface area contributed by atoms with Gasteiger partial charge in [0.2, 0.25) is 0 Å². The summed E-state index contributed by atoms with van der Waals surface area (Å²) in [4.78, 5) is 12.5. The molecular formula is C15H13N3O. The number of carbonyl (C=O) groups excluding carboxylic acids is 1. The number of hydrogen-bond donors (Lipinski definition) is 3. The maximum absolute atomic E-state index is 12.5. The molecule has 0 saturated carbocycles. The van der Waals surface area contributed by atoms with Crippen LogP contribution in [0.3, 0.4) is 0 Å². The number of nitrogen functional groups attached to an aromatic ring is 1. The van der Waals surface area contributed by atoms with Gasteiger partial charge in [-0.1, -0.05) is 24.3 Å². The lowest BCUT2D eigenvalue weighted by molar-refractivity contribution is 0.103. The Labute approximate surface area is 110 Å². The number of nitrogens with one attached hydrogen (secondary N) is 2. The van der Waals surface area contributed by atoms with Crippen molar-refractivity contribution >= 4 is 22.9 Å². The number of nitrogens with two attached hydrogens (primary N) is 1. The van der Waals surface area contributed by atoms with E-state index in [9.17, 15) is 4.79 Å². The van der Waals surface area contributed by atoms with Gasteiger partial charge in [0.05, 0.1) is 11.3 Å². The Bertz CT molecular complexity index is 719. The molecule has 0 spiro atoms. The zero-order valence-corrected chi connectivity index (χ0v) is 10.4. The van der Waals surface area contributed by atoms with E-state index in [0.29, 0.717) is 33.7 Å². The second-order valence-corrected chi connectivity index (χ2v) is 4.45. The Balaban J connectivity index is 2.38. The van der Waals surface area contributed by atoms with Gasteiger partial charge < -0.3 is 11.1 Å². The van der Waals surface area contributed by atoms with E-state index in [-0.39, 0.29) is 5.78 Å². The number of carbonyl (C=O) groups is 1. The van der Waals surface area contributed by atoms with Crippen LogP contribution >= 0.6 is 0 Å². The van der Waals surface area contributed by atoms with Crippen LogP contribution in [0.4, 0.5) is 11.4 Å². The standard InChI is InChI=1S/C15H13N3O/c1-18-11-7-6-10(16)12-13(11)14(17)8-4-2-3-5-9(8)15(12)19/h2-7,17-18H,16H2,1H3. The number of fused-ring (bicyclic) bond motifs is 2. The second-order valence-electron chi connectivity index (χ2n) is 4.45. The van der Waals surface area contributed by atoms with Crippen molar-refractivity contribution in [2.45, 2.75) is 0 Å². The molecule has 94 valence electrons. The number of ketones is 1. The Hall–Kier alpha value is -2.62. The average Bonchev–Trinajstić information content (AvgIpc) is 2.44. The fourth-order valence-corrected chi connectivity index (χ4v) is 2.50. The molecule has 0 aromatic heterocycles. The number of anilines is 2. The molecule has 4 N–H and O–H groups in total. The van der Waals surface area contributed by atoms with Gasteiger partial charge in [0.15, 0.2) is 5.78 Å². The summed E-state index contributed by atoms with van der Waals surface area (Å²) in [7, 11) is 1.77. The third-order valence-electron chi connectivity index (χ3n) is 3.42. The van der Waals surface area contributed by atoms with E-state index < -0.39 is 0 Å².